The largest absolute Gasteiger partial charge is 0.495 e. The molecule has 0 radical (unpaired) electrons. The number of nitrogens with one attached hydrogen (secondary N) is 1. The first-order chi connectivity index (χ1) is 15.9. The van der Waals surface area contributed by atoms with Gasteiger partial charge in [-0.25, -0.2) is 0 Å². The summed E-state index contributed by atoms with van der Waals surface area (Å²) in [5.74, 6) is 0.167. The first-order valence-electron chi connectivity index (χ1n) is 9.60. The van der Waals surface area contributed by atoms with Crippen LogP contribution in [0.2, 0.25) is 10.0 Å². The Bertz CT molecular complexity index is 1290. The van der Waals surface area contributed by atoms with Crippen molar-refractivity contribution in [2.45, 2.75) is 0 Å². The number of thioether (sulfide) groups is 1. The van der Waals surface area contributed by atoms with Crippen molar-refractivity contribution in [3.8, 4) is 17.1 Å². The van der Waals surface area contributed by atoms with Crippen molar-refractivity contribution in [3.05, 3.63) is 75.3 Å². The summed E-state index contributed by atoms with van der Waals surface area (Å²) in [6.45, 7) is -0.429. The van der Waals surface area contributed by atoms with Gasteiger partial charge in [0.2, 0.25) is 5.91 Å². The zero-order valence-electron chi connectivity index (χ0n) is 17.1. The topological polar surface area (TPSA) is 88.8 Å². The molecule has 1 aromatic heterocycles. The Balaban J connectivity index is 1.47. The summed E-state index contributed by atoms with van der Waals surface area (Å²) in [6.07, 6.45) is 1.45. The molecule has 0 spiro atoms. The van der Waals surface area contributed by atoms with Crippen molar-refractivity contribution in [2.75, 3.05) is 19.0 Å². The van der Waals surface area contributed by atoms with Gasteiger partial charge in [-0.1, -0.05) is 41.4 Å². The number of carbonyl (C=O) groups is 3. The molecule has 7 nitrogen and oxygen atoms in total. The maximum Gasteiger partial charge on any atom is 0.294 e. The smallest absolute Gasteiger partial charge is 0.294 e. The molecule has 4 rings (SSSR count). The van der Waals surface area contributed by atoms with E-state index in [-0.39, 0.29) is 4.91 Å². The zero-order chi connectivity index (χ0) is 23.5. The third-order valence-corrected chi connectivity index (χ3v) is 6.40. The molecule has 1 fully saturated rings. The zero-order valence-corrected chi connectivity index (χ0v) is 19.5. The van der Waals surface area contributed by atoms with E-state index in [1.165, 1.54) is 13.2 Å². The highest BCUT2D eigenvalue weighted by Gasteiger charge is 2.36. The molecule has 1 aliphatic rings. The van der Waals surface area contributed by atoms with Crippen LogP contribution < -0.4 is 10.1 Å². The van der Waals surface area contributed by atoms with Crippen LogP contribution in [0.5, 0.6) is 5.75 Å². The average Bonchev–Trinajstić information content (AvgIpc) is 3.36. The van der Waals surface area contributed by atoms with E-state index in [2.05, 4.69) is 5.32 Å². The van der Waals surface area contributed by atoms with Gasteiger partial charge in [0.1, 0.15) is 23.8 Å². The van der Waals surface area contributed by atoms with Crippen LogP contribution in [-0.4, -0.2) is 35.6 Å². The Morgan fingerprint density at radius 2 is 1.91 bits per heavy atom. The molecule has 3 amide bonds. The molecule has 0 unspecified atom stereocenters. The van der Waals surface area contributed by atoms with E-state index < -0.39 is 23.6 Å². The number of nitrogens with zero attached hydrogens (tertiary/aromatic N) is 1. The Morgan fingerprint density at radius 1 is 1.12 bits per heavy atom. The van der Waals surface area contributed by atoms with E-state index in [0.717, 1.165) is 16.7 Å². The molecule has 0 bridgehead atoms. The number of methoxy groups -OCH3 is 1. The van der Waals surface area contributed by atoms with Crippen LogP contribution in [0.1, 0.15) is 5.76 Å². The molecular formula is C23H16Cl2N2O5S. The quantitative estimate of drug-likeness (QED) is 0.419. The normalized spacial score (nSPS) is 14.8. The monoisotopic (exact) mass is 502 g/mol. The second kappa shape index (κ2) is 9.74. The molecule has 0 aliphatic carbocycles. The number of carbonyl (C=O) groups excluding carboxylic acids is 3. The molecule has 33 heavy (non-hydrogen) atoms. The number of furan rings is 1. The summed E-state index contributed by atoms with van der Waals surface area (Å²) < 4.78 is 11.0. The maximum absolute atomic E-state index is 12.7. The van der Waals surface area contributed by atoms with Gasteiger partial charge in [0.15, 0.2) is 0 Å². The summed E-state index contributed by atoms with van der Waals surface area (Å²) >= 11 is 13.0. The van der Waals surface area contributed by atoms with Gasteiger partial charge in [-0.15, -0.1) is 0 Å². The van der Waals surface area contributed by atoms with E-state index in [1.807, 2.05) is 0 Å². The van der Waals surface area contributed by atoms with E-state index >= 15 is 0 Å². The summed E-state index contributed by atoms with van der Waals surface area (Å²) in [5.41, 5.74) is 1.04. The molecule has 0 saturated carbocycles. The molecule has 1 aliphatic heterocycles. The number of rotatable bonds is 6. The van der Waals surface area contributed by atoms with Gasteiger partial charge in [-0.05, 0) is 48.2 Å². The van der Waals surface area contributed by atoms with Crippen LogP contribution in [0, 0.1) is 0 Å². The Labute approximate surface area is 203 Å². The van der Waals surface area contributed by atoms with Crippen molar-refractivity contribution in [1.29, 1.82) is 0 Å². The molecule has 10 heteroatoms. The number of ether oxygens (including phenoxy) is 1. The maximum atomic E-state index is 12.7. The fraction of sp³-hybridized carbons (Fsp3) is 0.0870. The lowest BCUT2D eigenvalue weighted by Crippen LogP contribution is -2.36. The highest BCUT2D eigenvalue weighted by atomic mass is 35.5. The number of para-hydroxylation sites is 2. The van der Waals surface area contributed by atoms with Gasteiger partial charge in [-0.2, -0.15) is 0 Å². The number of amides is 3. The van der Waals surface area contributed by atoms with Crippen LogP contribution in [-0.2, 0) is 9.59 Å². The minimum absolute atomic E-state index is 0.142. The van der Waals surface area contributed by atoms with Gasteiger partial charge in [0.05, 0.1) is 27.7 Å². The number of hydrogen-bond acceptors (Lipinski definition) is 6. The van der Waals surface area contributed by atoms with Crippen LogP contribution in [0.3, 0.4) is 0 Å². The number of hydrogen-bond donors (Lipinski definition) is 1. The fourth-order valence-electron chi connectivity index (χ4n) is 3.12. The number of halogens is 2. The minimum Gasteiger partial charge on any atom is -0.495 e. The predicted octanol–water partition coefficient (Wildman–Crippen LogP) is 5.94. The Kier molecular flexibility index (Phi) is 6.78. The van der Waals surface area contributed by atoms with Crippen LogP contribution in [0.25, 0.3) is 17.4 Å². The number of imide groups is 1. The van der Waals surface area contributed by atoms with Crippen molar-refractivity contribution in [1.82, 2.24) is 4.90 Å². The van der Waals surface area contributed by atoms with Crippen molar-refractivity contribution in [3.63, 3.8) is 0 Å². The van der Waals surface area contributed by atoms with Crippen LogP contribution >= 0.6 is 35.0 Å². The summed E-state index contributed by atoms with van der Waals surface area (Å²) in [7, 11) is 1.48. The molecule has 0 atom stereocenters. The molecule has 3 aromatic rings. The summed E-state index contributed by atoms with van der Waals surface area (Å²) in [4.78, 5) is 38.5. The summed E-state index contributed by atoms with van der Waals surface area (Å²) in [6, 6.07) is 15.3. The van der Waals surface area contributed by atoms with Crippen molar-refractivity contribution in [2.24, 2.45) is 0 Å². The second-order valence-corrected chi connectivity index (χ2v) is 8.60. The van der Waals surface area contributed by atoms with Gasteiger partial charge in [-0.3, -0.25) is 19.3 Å². The molecule has 1 N–H and O–H groups in total. The fourth-order valence-corrected chi connectivity index (χ4v) is 4.33. The molecule has 2 aromatic carbocycles. The molecule has 2 heterocycles. The average molecular weight is 503 g/mol. The van der Waals surface area contributed by atoms with E-state index in [0.29, 0.717) is 38.6 Å². The van der Waals surface area contributed by atoms with Crippen molar-refractivity contribution >= 4 is 63.8 Å². The number of anilines is 1. The number of benzene rings is 2. The van der Waals surface area contributed by atoms with E-state index in [4.69, 9.17) is 32.4 Å². The third-order valence-electron chi connectivity index (χ3n) is 4.67. The van der Waals surface area contributed by atoms with E-state index in [1.54, 1.807) is 54.6 Å². The standard InChI is InChI=1S/C23H16Cl2N2O5S/c1-31-18-8-3-2-7-16(18)26-20(28)12-27-22(29)19(33-23(27)30)11-13-9-10-17(32-13)14-5-4-6-15(24)21(14)25/h2-11H,12H2,1H3,(H,26,28)/b19-11+. The lowest BCUT2D eigenvalue weighted by Gasteiger charge is -2.14. The van der Waals surface area contributed by atoms with Gasteiger partial charge < -0.3 is 14.5 Å². The van der Waals surface area contributed by atoms with E-state index in [9.17, 15) is 14.4 Å². The Morgan fingerprint density at radius 3 is 2.70 bits per heavy atom. The first kappa shape index (κ1) is 23.0. The Hall–Kier alpha value is -3.20. The molecule has 1 saturated heterocycles. The third kappa shape index (κ3) is 4.93. The van der Waals surface area contributed by atoms with Crippen LogP contribution in [0.15, 0.2) is 63.9 Å². The van der Waals surface area contributed by atoms with Crippen molar-refractivity contribution < 1.29 is 23.5 Å². The SMILES string of the molecule is COc1ccccc1NC(=O)CN1C(=O)S/C(=C/c2ccc(-c3cccc(Cl)c3Cl)o2)C1=O. The van der Waals surface area contributed by atoms with Crippen LogP contribution in [0.4, 0.5) is 10.5 Å². The first-order valence-corrected chi connectivity index (χ1v) is 11.2. The van der Waals surface area contributed by atoms with Gasteiger partial charge >= 0.3 is 0 Å². The molecular weight excluding hydrogens is 487 g/mol. The lowest BCUT2D eigenvalue weighted by molar-refractivity contribution is -0.127. The van der Waals surface area contributed by atoms with Gasteiger partial charge in [0, 0.05) is 11.6 Å². The minimum atomic E-state index is -0.584. The highest BCUT2D eigenvalue weighted by Crippen LogP contribution is 2.36. The highest BCUT2D eigenvalue weighted by molar-refractivity contribution is 8.18. The summed E-state index contributed by atoms with van der Waals surface area (Å²) in [5, 5.41) is 2.83. The molecule has 168 valence electrons. The van der Waals surface area contributed by atoms with Gasteiger partial charge in [0.25, 0.3) is 11.1 Å². The second-order valence-electron chi connectivity index (χ2n) is 6.82. The predicted molar refractivity (Wildman–Crippen MR) is 128 cm³/mol. The lowest BCUT2D eigenvalue weighted by atomic mass is 10.2.